The van der Waals surface area contributed by atoms with Crippen LogP contribution in [-0.4, -0.2) is 38.5 Å². The normalized spacial score (nSPS) is 12.4. The van der Waals surface area contributed by atoms with Gasteiger partial charge >= 0.3 is 0 Å². The molecule has 0 aromatic heterocycles. The quantitative estimate of drug-likeness (QED) is 0.720. The van der Waals surface area contributed by atoms with Crippen LogP contribution in [0.15, 0.2) is 24.3 Å². The van der Waals surface area contributed by atoms with Crippen molar-refractivity contribution in [1.29, 1.82) is 0 Å². The molecule has 0 amide bonds. The number of nitrogens with one attached hydrogen (secondary N) is 1. The van der Waals surface area contributed by atoms with E-state index in [1.807, 2.05) is 24.3 Å². The molecule has 16 heavy (non-hydrogen) atoms. The molecule has 0 heterocycles. The highest BCUT2D eigenvalue weighted by Crippen LogP contribution is 2.13. The highest BCUT2D eigenvalue weighted by Gasteiger charge is 2.02. The van der Waals surface area contributed by atoms with Gasteiger partial charge in [-0.15, -0.1) is 0 Å². The van der Waals surface area contributed by atoms with Crippen LogP contribution in [0.5, 0.6) is 5.75 Å². The minimum Gasteiger partial charge on any atom is -0.497 e. The molecule has 0 fully saturated rings. The number of methoxy groups -OCH3 is 1. The van der Waals surface area contributed by atoms with Gasteiger partial charge < -0.3 is 19.9 Å². The standard InChI is InChI=1S/C12H19NO3/c1-13-7-11(14)9-16-8-10-4-3-5-12(6-10)15-2/h3-6,11,13-14H,7-9H2,1-2H3. The van der Waals surface area contributed by atoms with E-state index in [-0.39, 0.29) is 0 Å². The van der Waals surface area contributed by atoms with Crippen molar-refractivity contribution in [3.8, 4) is 5.75 Å². The number of ether oxygens (including phenoxy) is 2. The summed E-state index contributed by atoms with van der Waals surface area (Å²) >= 11 is 0. The lowest BCUT2D eigenvalue weighted by Crippen LogP contribution is -2.27. The third kappa shape index (κ3) is 4.61. The van der Waals surface area contributed by atoms with Crippen molar-refractivity contribution in [3.05, 3.63) is 29.8 Å². The van der Waals surface area contributed by atoms with Crippen LogP contribution >= 0.6 is 0 Å². The van der Waals surface area contributed by atoms with Gasteiger partial charge in [0.05, 0.1) is 26.4 Å². The smallest absolute Gasteiger partial charge is 0.119 e. The van der Waals surface area contributed by atoms with Gasteiger partial charge in [0.1, 0.15) is 5.75 Å². The van der Waals surface area contributed by atoms with Crippen LogP contribution in [0.2, 0.25) is 0 Å². The van der Waals surface area contributed by atoms with E-state index in [1.54, 1.807) is 14.2 Å². The predicted molar refractivity (Wildman–Crippen MR) is 62.6 cm³/mol. The van der Waals surface area contributed by atoms with Gasteiger partial charge in [0.2, 0.25) is 0 Å². The van der Waals surface area contributed by atoms with E-state index in [9.17, 15) is 5.11 Å². The predicted octanol–water partition coefficient (Wildman–Crippen LogP) is 0.792. The van der Waals surface area contributed by atoms with Crippen LogP contribution in [0, 0.1) is 0 Å². The minimum absolute atomic E-state index is 0.331. The van der Waals surface area contributed by atoms with E-state index >= 15 is 0 Å². The monoisotopic (exact) mass is 225 g/mol. The summed E-state index contributed by atoms with van der Waals surface area (Å²) in [5.41, 5.74) is 1.04. The second-order valence-corrected chi connectivity index (χ2v) is 3.58. The Morgan fingerprint density at radius 1 is 1.44 bits per heavy atom. The lowest BCUT2D eigenvalue weighted by Gasteiger charge is -2.10. The number of hydrogen-bond donors (Lipinski definition) is 2. The maximum absolute atomic E-state index is 9.42. The van der Waals surface area contributed by atoms with Gasteiger partial charge in [-0.05, 0) is 24.7 Å². The van der Waals surface area contributed by atoms with Crippen molar-refractivity contribution >= 4 is 0 Å². The Balaban J connectivity index is 2.31. The second-order valence-electron chi connectivity index (χ2n) is 3.58. The molecule has 90 valence electrons. The average molecular weight is 225 g/mol. The molecule has 0 radical (unpaired) electrons. The first-order chi connectivity index (χ1) is 7.76. The molecule has 0 aliphatic carbocycles. The molecule has 2 N–H and O–H groups in total. The maximum atomic E-state index is 9.42. The molecule has 0 aliphatic heterocycles. The number of rotatable bonds is 7. The summed E-state index contributed by atoms with van der Waals surface area (Å²) in [4.78, 5) is 0. The maximum Gasteiger partial charge on any atom is 0.119 e. The molecule has 0 spiro atoms. The number of benzene rings is 1. The van der Waals surface area contributed by atoms with E-state index in [1.165, 1.54) is 0 Å². The Labute approximate surface area is 96.2 Å². The van der Waals surface area contributed by atoms with Crippen LogP contribution in [0.4, 0.5) is 0 Å². The van der Waals surface area contributed by atoms with Crippen LogP contribution in [0.25, 0.3) is 0 Å². The second kappa shape index (κ2) is 7.22. The summed E-state index contributed by atoms with van der Waals surface area (Å²) in [6, 6.07) is 7.69. The Bertz CT molecular complexity index is 304. The molecule has 1 atom stereocenters. The van der Waals surface area contributed by atoms with E-state index in [0.29, 0.717) is 19.8 Å². The van der Waals surface area contributed by atoms with E-state index in [0.717, 1.165) is 11.3 Å². The van der Waals surface area contributed by atoms with Gasteiger partial charge in [0.15, 0.2) is 0 Å². The molecule has 0 saturated carbocycles. The summed E-state index contributed by atoms with van der Waals surface area (Å²) in [5, 5.41) is 12.3. The number of hydrogen-bond acceptors (Lipinski definition) is 4. The van der Waals surface area contributed by atoms with Gasteiger partial charge in [0, 0.05) is 6.54 Å². The number of aliphatic hydroxyl groups excluding tert-OH is 1. The van der Waals surface area contributed by atoms with Crippen LogP contribution < -0.4 is 10.1 Å². The summed E-state index contributed by atoms with van der Waals surface area (Å²) in [6.45, 7) is 1.36. The van der Waals surface area contributed by atoms with E-state index in [2.05, 4.69) is 5.32 Å². The molecule has 0 saturated heterocycles. The SMILES string of the molecule is CNCC(O)COCc1cccc(OC)c1. The first kappa shape index (κ1) is 13.0. The van der Waals surface area contributed by atoms with Gasteiger partial charge in [-0.3, -0.25) is 0 Å². The topological polar surface area (TPSA) is 50.7 Å². The highest BCUT2D eigenvalue weighted by atomic mass is 16.5. The summed E-state index contributed by atoms with van der Waals surface area (Å²) in [6.07, 6.45) is -0.462. The highest BCUT2D eigenvalue weighted by molar-refractivity contribution is 5.27. The van der Waals surface area contributed by atoms with Crippen molar-refractivity contribution in [2.45, 2.75) is 12.7 Å². The van der Waals surface area contributed by atoms with E-state index in [4.69, 9.17) is 9.47 Å². The number of aliphatic hydroxyl groups is 1. The first-order valence-corrected chi connectivity index (χ1v) is 5.29. The summed E-state index contributed by atoms with van der Waals surface area (Å²) in [7, 11) is 3.43. The Hall–Kier alpha value is -1.10. The van der Waals surface area contributed by atoms with Crippen molar-refractivity contribution < 1.29 is 14.6 Å². The average Bonchev–Trinajstić information content (AvgIpc) is 2.30. The molecule has 1 unspecified atom stereocenters. The zero-order valence-electron chi connectivity index (χ0n) is 9.77. The first-order valence-electron chi connectivity index (χ1n) is 5.29. The Morgan fingerprint density at radius 2 is 2.25 bits per heavy atom. The van der Waals surface area contributed by atoms with E-state index < -0.39 is 6.10 Å². The molecule has 1 aromatic rings. The molecule has 1 rings (SSSR count). The number of likely N-dealkylation sites (N-methyl/N-ethyl adjacent to an activating group) is 1. The van der Waals surface area contributed by atoms with Crippen LogP contribution in [0.1, 0.15) is 5.56 Å². The van der Waals surface area contributed by atoms with Gasteiger partial charge in [-0.25, -0.2) is 0 Å². The van der Waals surface area contributed by atoms with Gasteiger partial charge in [-0.1, -0.05) is 12.1 Å². The van der Waals surface area contributed by atoms with Crippen molar-refractivity contribution in [2.24, 2.45) is 0 Å². The molecule has 0 aliphatic rings. The molecule has 4 heteroatoms. The van der Waals surface area contributed by atoms with Crippen molar-refractivity contribution in [3.63, 3.8) is 0 Å². The molecule has 4 nitrogen and oxygen atoms in total. The fourth-order valence-corrected chi connectivity index (χ4v) is 1.37. The van der Waals surface area contributed by atoms with Gasteiger partial charge in [0.25, 0.3) is 0 Å². The Morgan fingerprint density at radius 3 is 2.94 bits per heavy atom. The lowest BCUT2D eigenvalue weighted by molar-refractivity contribution is 0.0297. The van der Waals surface area contributed by atoms with Crippen LogP contribution in [-0.2, 0) is 11.3 Å². The Kier molecular flexibility index (Phi) is 5.85. The third-order valence-corrected chi connectivity index (χ3v) is 2.15. The van der Waals surface area contributed by atoms with Crippen molar-refractivity contribution in [2.75, 3.05) is 27.3 Å². The third-order valence-electron chi connectivity index (χ3n) is 2.15. The molecular formula is C12H19NO3. The summed E-state index contributed by atoms with van der Waals surface area (Å²) in [5.74, 6) is 0.817. The van der Waals surface area contributed by atoms with Crippen LogP contribution in [0.3, 0.4) is 0 Å². The zero-order valence-corrected chi connectivity index (χ0v) is 9.77. The van der Waals surface area contributed by atoms with Gasteiger partial charge in [-0.2, -0.15) is 0 Å². The fourth-order valence-electron chi connectivity index (χ4n) is 1.37. The molecular weight excluding hydrogens is 206 g/mol. The largest absolute Gasteiger partial charge is 0.497 e. The lowest BCUT2D eigenvalue weighted by atomic mass is 10.2. The zero-order chi connectivity index (χ0) is 11.8. The molecule has 1 aromatic carbocycles. The summed E-state index contributed by atoms with van der Waals surface area (Å²) < 4.78 is 10.5. The fraction of sp³-hybridized carbons (Fsp3) is 0.500. The minimum atomic E-state index is -0.462. The molecule has 0 bridgehead atoms. The van der Waals surface area contributed by atoms with Crippen molar-refractivity contribution in [1.82, 2.24) is 5.32 Å².